The van der Waals surface area contributed by atoms with Crippen LogP contribution < -0.4 is 20.0 Å². The summed E-state index contributed by atoms with van der Waals surface area (Å²) >= 11 is 6.83. The standard InChI is InChI=1S/C21H27Br2N7O2/c1-32-15-12-14(16(22)17(23)18(15)31)13-24-28-19-25-20(29-8-4-2-5-9-29)27-21(26-19)30-10-6-3-7-11-30/h12-13,31H,2-11H2,1H3,(H,25,26,27,28)/b24-13-. The zero-order chi connectivity index (χ0) is 22.5. The predicted octanol–water partition coefficient (Wildman–Crippen LogP) is 4.54. The second-order valence-electron chi connectivity index (χ2n) is 7.87. The summed E-state index contributed by atoms with van der Waals surface area (Å²) < 4.78 is 6.39. The second-order valence-corrected chi connectivity index (χ2v) is 9.46. The van der Waals surface area contributed by atoms with Gasteiger partial charge >= 0.3 is 0 Å². The number of halogens is 2. The lowest BCUT2D eigenvalue weighted by molar-refractivity contribution is 0.371. The molecular weight excluding hydrogens is 542 g/mol. The first-order valence-corrected chi connectivity index (χ1v) is 12.5. The van der Waals surface area contributed by atoms with Crippen molar-refractivity contribution in [3.63, 3.8) is 0 Å². The molecular formula is C21H27Br2N7O2. The van der Waals surface area contributed by atoms with Crippen molar-refractivity contribution in [2.24, 2.45) is 5.10 Å². The molecule has 2 aromatic rings. The van der Waals surface area contributed by atoms with Crippen LogP contribution in [0.3, 0.4) is 0 Å². The van der Waals surface area contributed by atoms with Gasteiger partial charge < -0.3 is 19.6 Å². The van der Waals surface area contributed by atoms with Gasteiger partial charge in [0.1, 0.15) is 0 Å². The number of nitrogens with zero attached hydrogens (tertiary/aromatic N) is 6. The third-order valence-corrected chi connectivity index (χ3v) is 7.81. The van der Waals surface area contributed by atoms with Gasteiger partial charge in [0.25, 0.3) is 0 Å². The summed E-state index contributed by atoms with van der Waals surface area (Å²) in [6.45, 7) is 3.84. The van der Waals surface area contributed by atoms with E-state index in [9.17, 15) is 5.11 Å². The van der Waals surface area contributed by atoms with Crippen LogP contribution in [0.4, 0.5) is 17.8 Å². The summed E-state index contributed by atoms with van der Waals surface area (Å²) in [6, 6.07) is 1.70. The van der Waals surface area contributed by atoms with Gasteiger partial charge in [-0.15, -0.1) is 0 Å². The Morgan fingerprint density at radius 2 is 1.50 bits per heavy atom. The van der Waals surface area contributed by atoms with Crippen molar-refractivity contribution in [1.29, 1.82) is 0 Å². The van der Waals surface area contributed by atoms with Gasteiger partial charge in [-0.05, 0) is 76.5 Å². The number of ether oxygens (including phenoxy) is 1. The fourth-order valence-electron chi connectivity index (χ4n) is 3.90. The van der Waals surface area contributed by atoms with Crippen molar-refractivity contribution < 1.29 is 9.84 Å². The molecule has 0 bridgehead atoms. The molecule has 0 saturated carbocycles. The first-order chi connectivity index (χ1) is 15.6. The highest BCUT2D eigenvalue weighted by Crippen LogP contribution is 2.41. The van der Waals surface area contributed by atoms with Gasteiger partial charge in [-0.2, -0.15) is 20.1 Å². The number of nitrogens with one attached hydrogen (secondary N) is 1. The Balaban J connectivity index is 1.59. The Labute approximate surface area is 204 Å². The summed E-state index contributed by atoms with van der Waals surface area (Å²) in [7, 11) is 1.50. The normalized spacial score (nSPS) is 17.1. The Kier molecular flexibility index (Phi) is 7.67. The number of rotatable bonds is 6. The monoisotopic (exact) mass is 567 g/mol. The lowest BCUT2D eigenvalue weighted by Crippen LogP contribution is -2.34. The molecule has 11 heteroatoms. The van der Waals surface area contributed by atoms with Gasteiger partial charge in [0.2, 0.25) is 17.8 Å². The summed E-state index contributed by atoms with van der Waals surface area (Å²) in [5.74, 6) is 2.19. The minimum atomic E-state index is 0.0271. The van der Waals surface area contributed by atoms with E-state index in [-0.39, 0.29) is 5.75 Å². The average molecular weight is 569 g/mol. The van der Waals surface area contributed by atoms with Crippen LogP contribution in [0.25, 0.3) is 0 Å². The van der Waals surface area contributed by atoms with Crippen LogP contribution in [-0.4, -0.2) is 59.6 Å². The number of phenolic OH excluding ortho intramolecular Hbond substituents is 1. The summed E-state index contributed by atoms with van der Waals surface area (Å²) in [5, 5.41) is 14.5. The molecule has 0 unspecified atom stereocenters. The number of anilines is 3. The smallest absolute Gasteiger partial charge is 0.250 e. The molecule has 2 aliphatic heterocycles. The van der Waals surface area contributed by atoms with Crippen LogP contribution in [0, 0.1) is 0 Å². The van der Waals surface area contributed by atoms with Gasteiger partial charge in [0.15, 0.2) is 11.5 Å². The largest absolute Gasteiger partial charge is 0.503 e. The van der Waals surface area contributed by atoms with Crippen LogP contribution in [0.1, 0.15) is 44.1 Å². The van der Waals surface area contributed by atoms with Gasteiger partial charge in [0, 0.05) is 36.2 Å². The number of benzene rings is 1. The fraction of sp³-hybridized carbons (Fsp3) is 0.524. The highest BCUT2D eigenvalue weighted by Gasteiger charge is 2.20. The van der Waals surface area contributed by atoms with Crippen LogP contribution in [-0.2, 0) is 0 Å². The van der Waals surface area contributed by atoms with Crippen LogP contribution in [0.5, 0.6) is 11.5 Å². The van der Waals surface area contributed by atoms with Crippen LogP contribution in [0.15, 0.2) is 20.1 Å². The maximum absolute atomic E-state index is 10.1. The predicted molar refractivity (Wildman–Crippen MR) is 133 cm³/mol. The number of methoxy groups -OCH3 is 1. The van der Waals surface area contributed by atoms with E-state index in [1.807, 2.05) is 0 Å². The molecule has 2 fully saturated rings. The van der Waals surface area contributed by atoms with Crippen molar-refractivity contribution >= 4 is 55.9 Å². The summed E-state index contributed by atoms with van der Waals surface area (Å²) in [4.78, 5) is 18.5. The molecule has 1 aromatic heterocycles. The topological polar surface area (TPSA) is 99.0 Å². The van der Waals surface area contributed by atoms with Crippen molar-refractivity contribution in [3.8, 4) is 11.5 Å². The molecule has 32 heavy (non-hydrogen) atoms. The third kappa shape index (κ3) is 5.25. The maximum atomic E-state index is 10.1. The highest BCUT2D eigenvalue weighted by atomic mass is 79.9. The quantitative estimate of drug-likeness (QED) is 0.387. The van der Waals surface area contributed by atoms with Gasteiger partial charge in [-0.25, -0.2) is 5.43 Å². The molecule has 0 atom stereocenters. The minimum absolute atomic E-state index is 0.0271. The van der Waals surface area contributed by atoms with E-state index in [1.54, 1.807) is 12.3 Å². The maximum Gasteiger partial charge on any atom is 0.250 e. The number of hydrogen-bond acceptors (Lipinski definition) is 9. The van der Waals surface area contributed by atoms with Gasteiger partial charge in [0.05, 0.1) is 17.8 Å². The molecule has 1 aromatic carbocycles. The van der Waals surface area contributed by atoms with E-state index in [0.717, 1.165) is 57.4 Å². The van der Waals surface area contributed by atoms with Gasteiger partial charge in [-0.3, -0.25) is 0 Å². The average Bonchev–Trinajstić information content (AvgIpc) is 2.85. The number of piperidine rings is 2. The van der Waals surface area contributed by atoms with E-state index in [2.05, 4.69) is 62.2 Å². The second kappa shape index (κ2) is 10.7. The number of aromatic nitrogens is 3. The molecule has 4 rings (SSSR count). The third-order valence-electron chi connectivity index (χ3n) is 5.65. The number of hydrogen-bond donors (Lipinski definition) is 2. The SMILES string of the molecule is COc1cc(/C=N\Nc2nc(N3CCCCC3)nc(N3CCCCC3)n2)c(Br)c(Br)c1O. The zero-order valence-corrected chi connectivity index (χ0v) is 21.2. The first kappa shape index (κ1) is 23.0. The fourth-order valence-corrected chi connectivity index (χ4v) is 4.72. The van der Waals surface area contributed by atoms with E-state index >= 15 is 0 Å². The van der Waals surface area contributed by atoms with Crippen molar-refractivity contribution in [2.45, 2.75) is 38.5 Å². The minimum Gasteiger partial charge on any atom is -0.503 e. The molecule has 172 valence electrons. The molecule has 2 N–H and O–H groups in total. The number of phenols is 1. The highest BCUT2D eigenvalue weighted by molar-refractivity contribution is 9.13. The van der Waals surface area contributed by atoms with Crippen molar-refractivity contribution in [3.05, 3.63) is 20.6 Å². The molecule has 0 spiro atoms. The van der Waals surface area contributed by atoms with E-state index in [4.69, 9.17) is 9.72 Å². The Hall–Kier alpha value is -2.14. The lowest BCUT2D eigenvalue weighted by atomic mass is 10.1. The molecule has 0 amide bonds. The van der Waals surface area contributed by atoms with Crippen LogP contribution >= 0.6 is 31.9 Å². The molecule has 2 aliphatic rings. The summed E-state index contributed by atoms with van der Waals surface area (Å²) in [5.41, 5.74) is 3.69. The van der Waals surface area contributed by atoms with E-state index < -0.39 is 0 Å². The first-order valence-electron chi connectivity index (χ1n) is 10.9. The molecule has 9 nitrogen and oxygen atoms in total. The zero-order valence-electron chi connectivity index (χ0n) is 18.0. The van der Waals surface area contributed by atoms with Gasteiger partial charge in [-0.1, -0.05) is 0 Å². The molecule has 0 aliphatic carbocycles. The lowest BCUT2D eigenvalue weighted by Gasteiger charge is -2.30. The van der Waals surface area contributed by atoms with E-state index in [1.165, 1.54) is 20.0 Å². The van der Waals surface area contributed by atoms with E-state index in [0.29, 0.717) is 32.5 Å². The molecule has 3 heterocycles. The number of aromatic hydroxyl groups is 1. The Morgan fingerprint density at radius 3 is 2.03 bits per heavy atom. The Morgan fingerprint density at radius 1 is 0.938 bits per heavy atom. The van der Waals surface area contributed by atoms with Crippen molar-refractivity contribution in [1.82, 2.24) is 15.0 Å². The number of hydrazone groups is 1. The van der Waals surface area contributed by atoms with Crippen LogP contribution in [0.2, 0.25) is 0 Å². The van der Waals surface area contributed by atoms with Crippen molar-refractivity contribution in [2.75, 3.05) is 48.5 Å². The Bertz CT molecular complexity index is 941. The summed E-state index contributed by atoms with van der Waals surface area (Å²) in [6.07, 6.45) is 8.72. The molecule has 2 saturated heterocycles. The molecule has 0 radical (unpaired) electrons.